The lowest BCUT2D eigenvalue weighted by Crippen LogP contribution is -2.50. The van der Waals surface area contributed by atoms with Gasteiger partial charge in [0.25, 0.3) is 0 Å². The summed E-state index contributed by atoms with van der Waals surface area (Å²) in [5, 5.41) is 0. The van der Waals surface area contributed by atoms with Gasteiger partial charge in [-0.05, 0) is 17.9 Å². The van der Waals surface area contributed by atoms with Crippen LogP contribution in [0.15, 0.2) is 30.3 Å². The molecule has 0 aromatic heterocycles. The third kappa shape index (κ3) is 4.55. The van der Waals surface area contributed by atoms with Crippen molar-refractivity contribution < 1.29 is 9.53 Å². The van der Waals surface area contributed by atoms with Gasteiger partial charge in [0.1, 0.15) is 0 Å². The zero-order valence-electron chi connectivity index (χ0n) is 14.0. The van der Waals surface area contributed by atoms with Crippen molar-refractivity contribution in [1.82, 2.24) is 9.80 Å². The minimum Gasteiger partial charge on any atom is -0.384 e. The number of piperidine rings is 1. The number of carbonyl (C=O) groups excluding carboxylic acids is 1. The highest BCUT2D eigenvalue weighted by atomic mass is 16.5. The average molecular weight is 304 g/mol. The summed E-state index contributed by atoms with van der Waals surface area (Å²) in [5.74, 6) is 0.684. The highest BCUT2D eigenvalue weighted by molar-refractivity contribution is 5.76. The van der Waals surface area contributed by atoms with Crippen molar-refractivity contribution in [3.63, 3.8) is 0 Å². The van der Waals surface area contributed by atoms with Gasteiger partial charge < -0.3 is 9.64 Å². The molecule has 122 valence electrons. The fourth-order valence-electron chi connectivity index (χ4n) is 3.33. The first kappa shape index (κ1) is 17.0. The Balaban J connectivity index is 1.85. The first-order valence-corrected chi connectivity index (χ1v) is 8.12. The predicted octanol–water partition coefficient (Wildman–Crippen LogP) is 2.39. The number of rotatable bonds is 6. The SMILES string of the molecule is COCCC(=O)N(C)[C@@H]1CCN(Cc2ccccc2)C[C@@H]1C. The molecular formula is C18H28N2O2. The van der Waals surface area contributed by atoms with E-state index in [4.69, 9.17) is 4.74 Å². The summed E-state index contributed by atoms with van der Waals surface area (Å²) in [5.41, 5.74) is 1.36. The van der Waals surface area contributed by atoms with E-state index >= 15 is 0 Å². The third-order valence-electron chi connectivity index (χ3n) is 4.60. The van der Waals surface area contributed by atoms with Gasteiger partial charge in [0, 0.05) is 39.8 Å². The number of likely N-dealkylation sites (tertiary alicyclic amines) is 1. The minimum absolute atomic E-state index is 0.190. The molecule has 2 atom stereocenters. The van der Waals surface area contributed by atoms with E-state index in [-0.39, 0.29) is 5.91 Å². The van der Waals surface area contributed by atoms with Crippen LogP contribution in [-0.2, 0) is 16.1 Å². The average Bonchev–Trinajstić information content (AvgIpc) is 2.53. The summed E-state index contributed by atoms with van der Waals surface area (Å²) < 4.78 is 5.00. The maximum absolute atomic E-state index is 12.2. The highest BCUT2D eigenvalue weighted by Crippen LogP contribution is 2.23. The number of methoxy groups -OCH3 is 1. The topological polar surface area (TPSA) is 32.8 Å². The Morgan fingerprint density at radius 3 is 2.73 bits per heavy atom. The summed E-state index contributed by atoms with van der Waals surface area (Å²) in [7, 11) is 3.57. The third-order valence-corrected chi connectivity index (χ3v) is 4.60. The van der Waals surface area contributed by atoms with Crippen LogP contribution >= 0.6 is 0 Å². The Hall–Kier alpha value is -1.39. The van der Waals surface area contributed by atoms with Crippen LogP contribution in [0.25, 0.3) is 0 Å². The zero-order chi connectivity index (χ0) is 15.9. The molecule has 1 aromatic carbocycles. The highest BCUT2D eigenvalue weighted by Gasteiger charge is 2.30. The van der Waals surface area contributed by atoms with E-state index in [1.165, 1.54) is 5.56 Å². The molecule has 0 radical (unpaired) electrons. The molecule has 0 N–H and O–H groups in total. The molecule has 1 aliphatic heterocycles. The lowest BCUT2D eigenvalue weighted by atomic mass is 9.92. The molecular weight excluding hydrogens is 276 g/mol. The number of ether oxygens (including phenoxy) is 1. The van der Waals surface area contributed by atoms with Gasteiger partial charge in [0.2, 0.25) is 5.91 Å². The molecule has 2 rings (SSSR count). The second kappa shape index (κ2) is 8.30. The lowest BCUT2D eigenvalue weighted by Gasteiger charge is -2.41. The quantitative estimate of drug-likeness (QED) is 0.809. The molecule has 0 unspecified atom stereocenters. The van der Waals surface area contributed by atoms with Crippen molar-refractivity contribution in [1.29, 1.82) is 0 Å². The van der Waals surface area contributed by atoms with Crippen LogP contribution in [0.2, 0.25) is 0 Å². The summed E-state index contributed by atoms with van der Waals surface area (Å²) in [6.07, 6.45) is 1.52. The molecule has 4 nitrogen and oxygen atoms in total. The Bertz CT molecular complexity index is 463. The van der Waals surface area contributed by atoms with Gasteiger partial charge in [-0.15, -0.1) is 0 Å². The Morgan fingerprint density at radius 2 is 2.09 bits per heavy atom. The predicted molar refractivity (Wildman–Crippen MR) is 88.6 cm³/mol. The number of benzene rings is 1. The number of nitrogens with zero attached hydrogens (tertiary/aromatic N) is 2. The van der Waals surface area contributed by atoms with E-state index in [0.717, 1.165) is 26.1 Å². The Labute approximate surface area is 134 Å². The normalized spacial score (nSPS) is 22.5. The Kier molecular flexibility index (Phi) is 6.40. The lowest BCUT2D eigenvalue weighted by molar-refractivity contribution is -0.135. The van der Waals surface area contributed by atoms with Crippen molar-refractivity contribution in [2.75, 3.05) is 33.9 Å². The first-order chi connectivity index (χ1) is 10.6. The minimum atomic E-state index is 0.190. The van der Waals surface area contributed by atoms with Gasteiger partial charge in [-0.1, -0.05) is 37.3 Å². The van der Waals surface area contributed by atoms with Crippen LogP contribution in [0, 0.1) is 5.92 Å². The van der Waals surface area contributed by atoms with Crippen LogP contribution in [0.1, 0.15) is 25.3 Å². The molecule has 0 saturated carbocycles. The molecule has 1 amide bonds. The van der Waals surface area contributed by atoms with Crippen LogP contribution in [-0.4, -0.2) is 55.6 Å². The van der Waals surface area contributed by atoms with Crippen LogP contribution in [0.4, 0.5) is 0 Å². The fraction of sp³-hybridized carbons (Fsp3) is 0.611. The van der Waals surface area contributed by atoms with Gasteiger partial charge in [0.15, 0.2) is 0 Å². The molecule has 1 aromatic rings. The molecule has 1 heterocycles. The van der Waals surface area contributed by atoms with Gasteiger partial charge in [-0.3, -0.25) is 9.69 Å². The van der Waals surface area contributed by atoms with Crippen LogP contribution < -0.4 is 0 Å². The van der Waals surface area contributed by atoms with Crippen molar-refractivity contribution in [2.24, 2.45) is 5.92 Å². The van der Waals surface area contributed by atoms with Gasteiger partial charge >= 0.3 is 0 Å². The zero-order valence-corrected chi connectivity index (χ0v) is 14.0. The van der Waals surface area contributed by atoms with Crippen molar-refractivity contribution >= 4 is 5.91 Å². The van der Waals surface area contributed by atoms with Crippen molar-refractivity contribution in [3.05, 3.63) is 35.9 Å². The largest absolute Gasteiger partial charge is 0.384 e. The van der Waals surface area contributed by atoms with E-state index < -0.39 is 0 Å². The molecule has 4 heteroatoms. The van der Waals surface area contributed by atoms with E-state index in [9.17, 15) is 4.79 Å². The summed E-state index contributed by atoms with van der Waals surface area (Å²) in [4.78, 5) is 16.6. The summed E-state index contributed by atoms with van der Waals surface area (Å²) >= 11 is 0. The molecule has 1 fully saturated rings. The van der Waals surface area contributed by atoms with Crippen molar-refractivity contribution in [2.45, 2.75) is 32.4 Å². The Morgan fingerprint density at radius 1 is 1.36 bits per heavy atom. The smallest absolute Gasteiger partial charge is 0.224 e. The monoisotopic (exact) mass is 304 g/mol. The standard InChI is InChI=1S/C18H28N2O2/c1-15-13-20(14-16-7-5-4-6-8-16)11-9-17(15)19(2)18(21)10-12-22-3/h4-8,15,17H,9-14H2,1-3H3/t15-,17+/m0/s1. The molecule has 22 heavy (non-hydrogen) atoms. The van der Waals surface area contributed by atoms with Crippen LogP contribution in [0.5, 0.6) is 0 Å². The maximum atomic E-state index is 12.2. The van der Waals surface area contributed by atoms with E-state index in [1.807, 2.05) is 11.9 Å². The molecule has 1 saturated heterocycles. The van der Waals surface area contributed by atoms with E-state index in [1.54, 1.807) is 7.11 Å². The number of hydrogen-bond donors (Lipinski definition) is 0. The second-order valence-corrected chi connectivity index (χ2v) is 6.30. The van der Waals surface area contributed by atoms with Crippen molar-refractivity contribution in [3.8, 4) is 0 Å². The summed E-state index contributed by atoms with van der Waals surface area (Å²) in [6.45, 7) is 5.85. The second-order valence-electron chi connectivity index (χ2n) is 6.30. The molecule has 0 bridgehead atoms. The number of amides is 1. The number of carbonyl (C=O) groups is 1. The van der Waals surface area contributed by atoms with E-state index in [0.29, 0.717) is 25.0 Å². The van der Waals surface area contributed by atoms with Crippen LogP contribution in [0.3, 0.4) is 0 Å². The maximum Gasteiger partial charge on any atom is 0.224 e. The molecule has 1 aliphatic rings. The first-order valence-electron chi connectivity index (χ1n) is 8.12. The molecule has 0 aliphatic carbocycles. The van der Waals surface area contributed by atoms with E-state index in [2.05, 4.69) is 42.2 Å². The van der Waals surface area contributed by atoms with Gasteiger partial charge in [0.05, 0.1) is 13.0 Å². The van der Waals surface area contributed by atoms with Gasteiger partial charge in [-0.2, -0.15) is 0 Å². The fourth-order valence-corrected chi connectivity index (χ4v) is 3.33. The summed E-state index contributed by atoms with van der Waals surface area (Å²) in [6, 6.07) is 10.9. The van der Waals surface area contributed by atoms with Gasteiger partial charge in [-0.25, -0.2) is 0 Å². The number of hydrogen-bond acceptors (Lipinski definition) is 3. The molecule has 0 spiro atoms.